The molecule has 0 unspecified atom stereocenters. The lowest BCUT2D eigenvalue weighted by molar-refractivity contribution is 0.340. The number of fused-ring (bicyclic) bond motifs is 1. The zero-order chi connectivity index (χ0) is 10.7. The summed E-state index contributed by atoms with van der Waals surface area (Å²) in [5.74, 6) is 0. The normalized spacial score (nSPS) is 11.3. The first-order valence-corrected chi connectivity index (χ1v) is 5.34. The molecule has 0 aliphatic rings. The first-order chi connectivity index (χ1) is 7.36. The third-order valence-corrected chi connectivity index (χ3v) is 3.09. The predicted molar refractivity (Wildman–Crippen MR) is 62.4 cm³/mol. The molecule has 2 aromatic rings. The third-order valence-electron chi connectivity index (χ3n) is 2.13. The van der Waals surface area contributed by atoms with Gasteiger partial charge in [0, 0.05) is 21.0 Å². The Morgan fingerprint density at radius 1 is 1.47 bits per heavy atom. The molecule has 0 spiro atoms. The molecule has 0 amide bonds. The highest BCUT2D eigenvalue weighted by Crippen LogP contribution is 2.30. The van der Waals surface area contributed by atoms with Crippen molar-refractivity contribution in [3.8, 4) is 6.07 Å². The molecule has 0 fully saturated rings. The summed E-state index contributed by atoms with van der Waals surface area (Å²) in [7, 11) is 1.55. The monoisotopic (exact) mass is 215 g/mol. The molecule has 3 heteroatoms. The SMILES string of the molecule is COC=C(C#N)c1csc2ccccc12. The molecule has 0 aliphatic carbocycles. The Labute approximate surface area is 92.0 Å². The maximum atomic E-state index is 8.99. The summed E-state index contributed by atoms with van der Waals surface area (Å²) in [4.78, 5) is 0. The molecular weight excluding hydrogens is 206 g/mol. The van der Waals surface area contributed by atoms with E-state index >= 15 is 0 Å². The highest BCUT2D eigenvalue weighted by atomic mass is 32.1. The number of thiophene rings is 1. The van der Waals surface area contributed by atoms with Crippen LogP contribution in [0.25, 0.3) is 15.7 Å². The molecule has 0 atom stereocenters. The van der Waals surface area contributed by atoms with Crippen LogP contribution in [0.15, 0.2) is 35.9 Å². The van der Waals surface area contributed by atoms with E-state index in [9.17, 15) is 0 Å². The van der Waals surface area contributed by atoms with Gasteiger partial charge in [0.2, 0.25) is 0 Å². The lowest BCUT2D eigenvalue weighted by Crippen LogP contribution is -1.80. The molecule has 1 aromatic carbocycles. The van der Waals surface area contributed by atoms with Crippen LogP contribution in [0.4, 0.5) is 0 Å². The second kappa shape index (κ2) is 4.16. The molecule has 2 nitrogen and oxygen atoms in total. The van der Waals surface area contributed by atoms with Crippen molar-refractivity contribution in [3.63, 3.8) is 0 Å². The van der Waals surface area contributed by atoms with Crippen LogP contribution in [0.1, 0.15) is 5.56 Å². The van der Waals surface area contributed by atoms with Crippen molar-refractivity contribution in [3.05, 3.63) is 41.5 Å². The van der Waals surface area contributed by atoms with Gasteiger partial charge in [-0.3, -0.25) is 0 Å². The average molecular weight is 215 g/mol. The van der Waals surface area contributed by atoms with Crippen molar-refractivity contribution in [1.29, 1.82) is 5.26 Å². The van der Waals surface area contributed by atoms with E-state index in [4.69, 9.17) is 10.00 Å². The Kier molecular flexibility index (Phi) is 2.70. The van der Waals surface area contributed by atoms with Crippen molar-refractivity contribution in [2.24, 2.45) is 0 Å². The summed E-state index contributed by atoms with van der Waals surface area (Å²) < 4.78 is 6.07. The topological polar surface area (TPSA) is 33.0 Å². The Bertz CT molecular complexity index is 548. The van der Waals surface area contributed by atoms with Crippen LogP contribution in [0.3, 0.4) is 0 Å². The standard InChI is InChI=1S/C12H9NOS/c1-14-7-9(6-13)11-8-15-12-5-3-2-4-10(11)12/h2-5,7-8H,1H3. The van der Waals surface area contributed by atoms with Crippen molar-refractivity contribution in [2.45, 2.75) is 0 Å². The molecule has 15 heavy (non-hydrogen) atoms. The van der Waals surface area contributed by atoms with Crippen LogP contribution in [0.2, 0.25) is 0 Å². The molecule has 1 aromatic heterocycles. The van der Waals surface area contributed by atoms with Crippen LogP contribution in [-0.4, -0.2) is 7.11 Å². The van der Waals surface area contributed by atoms with Gasteiger partial charge in [-0.1, -0.05) is 18.2 Å². The summed E-state index contributed by atoms with van der Waals surface area (Å²) in [5, 5.41) is 12.1. The van der Waals surface area contributed by atoms with Crippen LogP contribution in [0.5, 0.6) is 0 Å². The number of nitrogens with zero attached hydrogens (tertiary/aromatic N) is 1. The third kappa shape index (κ3) is 1.72. The second-order valence-electron chi connectivity index (χ2n) is 3.02. The summed E-state index contributed by atoms with van der Waals surface area (Å²) in [6.07, 6.45) is 1.48. The second-order valence-corrected chi connectivity index (χ2v) is 3.94. The molecule has 74 valence electrons. The molecule has 0 saturated heterocycles. The molecule has 0 N–H and O–H groups in total. The number of hydrogen-bond acceptors (Lipinski definition) is 3. The molecule has 0 bridgehead atoms. The largest absolute Gasteiger partial charge is 0.503 e. The quantitative estimate of drug-likeness (QED) is 0.568. The number of nitriles is 1. The fourth-order valence-corrected chi connectivity index (χ4v) is 2.42. The molecule has 0 radical (unpaired) electrons. The van der Waals surface area contributed by atoms with E-state index in [0.29, 0.717) is 5.57 Å². The first-order valence-electron chi connectivity index (χ1n) is 4.46. The van der Waals surface area contributed by atoms with Crippen molar-refractivity contribution in [1.82, 2.24) is 0 Å². The molecule has 2 rings (SSSR count). The Hall–Kier alpha value is -1.79. The summed E-state index contributed by atoms with van der Waals surface area (Å²) >= 11 is 1.64. The van der Waals surface area contributed by atoms with Crippen molar-refractivity contribution < 1.29 is 4.74 Å². The number of allylic oxidation sites excluding steroid dienone is 1. The number of ether oxygens (including phenoxy) is 1. The predicted octanol–water partition coefficient (Wildman–Crippen LogP) is 3.41. The average Bonchev–Trinajstić information content (AvgIpc) is 2.70. The Balaban J connectivity index is 2.62. The van der Waals surface area contributed by atoms with Gasteiger partial charge < -0.3 is 4.74 Å². The number of rotatable bonds is 2. The number of hydrogen-bond donors (Lipinski definition) is 0. The zero-order valence-electron chi connectivity index (χ0n) is 8.23. The lowest BCUT2D eigenvalue weighted by Gasteiger charge is -1.96. The van der Waals surface area contributed by atoms with Gasteiger partial charge in [0.25, 0.3) is 0 Å². The van der Waals surface area contributed by atoms with Gasteiger partial charge in [-0.2, -0.15) is 5.26 Å². The molecule has 0 aliphatic heterocycles. The molecule has 0 saturated carbocycles. The van der Waals surface area contributed by atoms with Crippen molar-refractivity contribution in [2.75, 3.05) is 7.11 Å². The maximum absolute atomic E-state index is 8.99. The minimum absolute atomic E-state index is 0.565. The number of methoxy groups -OCH3 is 1. The highest BCUT2D eigenvalue weighted by Gasteiger charge is 2.07. The summed E-state index contributed by atoms with van der Waals surface area (Å²) in [6.45, 7) is 0. The van der Waals surface area contributed by atoms with E-state index in [1.807, 2.05) is 29.6 Å². The highest BCUT2D eigenvalue weighted by molar-refractivity contribution is 7.17. The summed E-state index contributed by atoms with van der Waals surface area (Å²) in [5.41, 5.74) is 1.51. The summed E-state index contributed by atoms with van der Waals surface area (Å²) in [6, 6.07) is 10.2. The van der Waals surface area contributed by atoms with Crippen molar-refractivity contribution >= 4 is 27.0 Å². The van der Waals surface area contributed by atoms with Gasteiger partial charge in [0.1, 0.15) is 12.3 Å². The van der Waals surface area contributed by atoms with E-state index in [0.717, 1.165) is 10.9 Å². The smallest absolute Gasteiger partial charge is 0.103 e. The minimum atomic E-state index is 0.565. The van der Waals surface area contributed by atoms with Gasteiger partial charge >= 0.3 is 0 Å². The van der Waals surface area contributed by atoms with Gasteiger partial charge in [0.05, 0.1) is 12.7 Å². The van der Waals surface area contributed by atoms with E-state index in [-0.39, 0.29) is 0 Å². The number of benzene rings is 1. The van der Waals surface area contributed by atoms with E-state index in [1.165, 1.54) is 11.0 Å². The van der Waals surface area contributed by atoms with Gasteiger partial charge in [-0.25, -0.2) is 0 Å². The Morgan fingerprint density at radius 3 is 3.00 bits per heavy atom. The van der Waals surface area contributed by atoms with Crippen LogP contribution >= 0.6 is 11.3 Å². The fourth-order valence-electron chi connectivity index (χ4n) is 1.45. The van der Waals surface area contributed by atoms with Crippen LogP contribution in [0, 0.1) is 11.3 Å². The molecular formula is C12H9NOS. The van der Waals surface area contributed by atoms with Gasteiger partial charge in [-0.15, -0.1) is 11.3 Å². The van der Waals surface area contributed by atoms with Gasteiger partial charge in [-0.05, 0) is 6.07 Å². The minimum Gasteiger partial charge on any atom is -0.503 e. The lowest BCUT2D eigenvalue weighted by atomic mass is 10.1. The van der Waals surface area contributed by atoms with Crippen LogP contribution in [-0.2, 0) is 4.74 Å². The van der Waals surface area contributed by atoms with E-state index in [1.54, 1.807) is 18.4 Å². The Morgan fingerprint density at radius 2 is 2.27 bits per heavy atom. The van der Waals surface area contributed by atoms with Crippen LogP contribution < -0.4 is 0 Å². The van der Waals surface area contributed by atoms with E-state index in [2.05, 4.69) is 6.07 Å². The first kappa shape index (κ1) is 9.75. The van der Waals surface area contributed by atoms with E-state index < -0.39 is 0 Å². The molecule has 1 heterocycles. The maximum Gasteiger partial charge on any atom is 0.103 e. The van der Waals surface area contributed by atoms with Gasteiger partial charge in [0.15, 0.2) is 0 Å². The zero-order valence-corrected chi connectivity index (χ0v) is 9.04. The fraction of sp³-hybridized carbons (Fsp3) is 0.0833.